The normalized spacial score (nSPS) is 15.0. The van der Waals surface area contributed by atoms with Gasteiger partial charge in [-0.05, 0) is 48.4 Å². The van der Waals surface area contributed by atoms with E-state index in [1.165, 1.54) is 12.1 Å². The molecule has 0 spiro atoms. The lowest BCUT2D eigenvalue weighted by Crippen LogP contribution is -2.43. The van der Waals surface area contributed by atoms with E-state index in [0.29, 0.717) is 45.3 Å². The molecule has 6 heteroatoms. The zero-order valence-electron chi connectivity index (χ0n) is 14.6. The minimum Gasteiger partial charge on any atom is -0.356 e. The van der Waals surface area contributed by atoms with Gasteiger partial charge in [0.15, 0.2) is 0 Å². The topological polar surface area (TPSA) is 49.4 Å². The number of piperidine rings is 1. The van der Waals surface area contributed by atoms with Gasteiger partial charge in [0.1, 0.15) is 5.82 Å². The maximum Gasteiger partial charge on any atom is 0.227 e. The second kappa shape index (κ2) is 8.94. The third-order valence-corrected chi connectivity index (χ3v) is 5.63. The van der Waals surface area contributed by atoms with Crippen molar-refractivity contribution in [3.63, 3.8) is 0 Å². The maximum absolute atomic E-state index is 12.9. The summed E-state index contributed by atoms with van der Waals surface area (Å²) in [7, 11) is 0. The Bertz CT molecular complexity index is 723. The molecule has 0 bridgehead atoms. The molecule has 3 rings (SSSR count). The first-order valence-corrected chi connectivity index (χ1v) is 9.82. The van der Waals surface area contributed by atoms with Crippen LogP contribution in [0.4, 0.5) is 4.39 Å². The number of hydrogen-bond acceptors (Lipinski definition) is 3. The number of rotatable bonds is 6. The molecule has 2 heterocycles. The second-order valence-electron chi connectivity index (χ2n) is 6.58. The number of nitrogens with zero attached hydrogens (tertiary/aromatic N) is 1. The van der Waals surface area contributed by atoms with Crippen molar-refractivity contribution in [2.75, 3.05) is 19.6 Å². The first kappa shape index (κ1) is 18.6. The fraction of sp³-hybridized carbons (Fsp3) is 0.400. The molecule has 0 aliphatic carbocycles. The summed E-state index contributed by atoms with van der Waals surface area (Å²) in [4.78, 5) is 27.5. The Kier molecular flexibility index (Phi) is 6.39. The fourth-order valence-corrected chi connectivity index (χ4v) is 3.89. The van der Waals surface area contributed by atoms with Crippen LogP contribution in [-0.2, 0) is 22.4 Å². The molecule has 2 aromatic rings. The zero-order chi connectivity index (χ0) is 18.4. The average Bonchev–Trinajstić information content (AvgIpc) is 3.16. The van der Waals surface area contributed by atoms with E-state index in [1.807, 2.05) is 22.4 Å². The van der Waals surface area contributed by atoms with Gasteiger partial charge < -0.3 is 10.2 Å². The van der Waals surface area contributed by atoms with E-state index in [1.54, 1.807) is 23.5 Å². The summed E-state index contributed by atoms with van der Waals surface area (Å²) in [5.74, 6) is -0.0905. The Balaban J connectivity index is 1.37. The quantitative estimate of drug-likeness (QED) is 0.845. The van der Waals surface area contributed by atoms with E-state index in [0.717, 1.165) is 10.4 Å². The monoisotopic (exact) mass is 374 g/mol. The summed E-state index contributed by atoms with van der Waals surface area (Å²) in [5, 5.41) is 4.94. The standard InChI is InChI=1S/C20H23FN2O2S/c21-17-5-3-15(4-6-17)7-10-22-20(25)16-8-11-23(12-9-16)19(24)14-18-2-1-13-26-18/h1-6,13,16H,7-12,14H2,(H,22,25). The van der Waals surface area contributed by atoms with Gasteiger partial charge in [0.05, 0.1) is 6.42 Å². The molecule has 4 nitrogen and oxygen atoms in total. The number of thiophene rings is 1. The average molecular weight is 374 g/mol. The lowest BCUT2D eigenvalue weighted by molar-refractivity contribution is -0.135. The van der Waals surface area contributed by atoms with Crippen molar-refractivity contribution in [2.24, 2.45) is 5.92 Å². The van der Waals surface area contributed by atoms with Crippen molar-refractivity contribution < 1.29 is 14.0 Å². The highest BCUT2D eigenvalue weighted by molar-refractivity contribution is 7.10. The molecular formula is C20H23FN2O2S. The summed E-state index contributed by atoms with van der Waals surface area (Å²) in [6.45, 7) is 1.82. The van der Waals surface area contributed by atoms with Crippen molar-refractivity contribution in [1.82, 2.24) is 10.2 Å². The molecule has 2 amide bonds. The highest BCUT2D eigenvalue weighted by Gasteiger charge is 2.27. The van der Waals surface area contributed by atoms with Gasteiger partial charge in [0, 0.05) is 30.4 Å². The molecule has 0 radical (unpaired) electrons. The Morgan fingerprint density at radius 3 is 2.54 bits per heavy atom. The van der Waals surface area contributed by atoms with Crippen LogP contribution in [0.15, 0.2) is 41.8 Å². The molecule has 1 aromatic carbocycles. The lowest BCUT2D eigenvalue weighted by atomic mass is 9.95. The molecular weight excluding hydrogens is 351 g/mol. The molecule has 1 aliphatic rings. The number of carbonyl (C=O) groups excluding carboxylic acids is 2. The molecule has 138 valence electrons. The van der Waals surface area contributed by atoms with Gasteiger partial charge in [-0.1, -0.05) is 18.2 Å². The Labute approximate surface area is 157 Å². The van der Waals surface area contributed by atoms with E-state index in [9.17, 15) is 14.0 Å². The summed E-state index contributed by atoms with van der Waals surface area (Å²) in [6.07, 6.45) is 2.55. The third kappa shape index (κ3) is 5.14. The minimum absolute atomic E-state index is 0.0333. The van der Waals surface area contributed by atoms with Crippen LogP contribution in [0.25, 0.3) is 0 Å². The smallest absolute Gasteiger partial charge is 0.227 e. The number of amides is 2. The fourth-order valence-electron chi connectivity index (χ4n) is 3.19. The first-order valence-electron chi connectivity index (χ1n) is 8.94. The predicted molar refractivity (Wildman–Crippen MR) is 100 cm³/mol. The molecule has 0 saturated carbocycles. The third-order valence-electron chi connectivity index (χ3n) is 4.75. The van der Waals surface area contributed by atoms with Gasteiger partial charge in [-0.2, -0.15) is 0 Å². The summed E-state index contributed by atoms with van der Waals surface area (Å²) >= 11 is 1.60. The van der Waals surface area contributed by atoms with Crippen LogP contribution < -0.4 is 5.32 Å². The summed E-state index contributed by atoms with van der Waals surface area (Å²) in [5.41, 5.74) is 1.00. The van der Waals surface area contributed by atoms with Gasteiger partial charge in [0.2, 0.25) is 11.8 Å². The molecule has 1 fully saturated rings. The van der Waals surface area contributed by atoms with E-state index in [-0.39, 0.29) is 23.5 Å². The number of carbonyl (C=O) groups is 2. The van der Waals surface area contributed by atoms with Crippen LogP contribution in [0.2, 0.25) is 0 Å². The molecule has 1 aromatic heterocycles. The van der Waals surface area contributed by atoms with Crippen LogP contribution >= 0.6 is 11.3 Å². The van der Waals surface area contributed by atoms with Crippen molar-refractivity contribution >= 4 is 23.2 Å². The maximum atomic E-state index is 12.9. The molecule has 0 unspecified atom stereocenters. The van der Waals surface area contributed by atoms with Crippen molar-refractivity contribution in [2.45, 2.75) is 25.7 Å². The van der Waals surface area contributed by atoms with E-state index < -0.39 is 0 Å². The summed E-state index contributed by atoms with van der Waals surface area (Å²) < 4.78 is 12.9. The number of nitrogens with one attached hydrogen (secondary N) is 1. The number of hydrogen-bond donors (Lipinski definition) is 1. The second-order valence-corrected chi connectivity index (χ2v) is 7.61. The SMILES string of the molecule is O=C(NCCc1ccc(F)cc1)C1CCN(C(=O)Cc2cccs2)CC1. The highest BCUT2D eigenvalue weighted by Crippen LogP contribution is 2.19. The Morgan fingerprint density at radius 2 is 1.88 bits per heavy atom. The van der Waals surface area contributed by atoms with Crippen LogP contribution in [0, 0.1) is 11.7 Å². The molecule has 26 heavy (non-hydrogen) atoms. The number of benzene rings is 1. The van der Waals surface area contributed by atoms with E-state index in [2.05, 4.69) is 5.32 Å². The molecule has 0 atom stereocenters. The summed E-state index contributed by atoms with van der Waals surface area (Å²) in [6, 6.07) is 10.3. The number of halogens is 1. The van der Waals surface area contributed by atoms with Crippen LogP contribution in [0.1, 0.15) is 23.3 Å². The van der Waals surface area contributed by atoms with Gasteiger partial charge in [-0.3, -0.25) is 9.59 Å². The van der Waals surface area contributed by atoms with Crippen molar-refractivity contribution in [3.05, 3.63) is 58.0 Å². The van der Waals surface area contributed by atoms with Gasteiger partial charge in [-0.15, -0.1) is 11.3 Å². The largest absolute Gasteiger partial charge is 0.356 e. The van der Waals surface area contributed by atoms with E-state index >= 15 is 0 Å². The Hall–Kier alpha value is -2.21. The van der Waals surface area contributed by atoms with Crippen LogP contribution in [0.5, 0.6) is 0 Å². The molecule has 1 saturated heterocycles. The predicted octanol–water partition coefficient (Wildman–Crippen LogP) is 3.03. The van der Waals surface area contributed by atoms with Gasteiger partial charge in [0.25, 0.3) is 0 Å². The highest BCUT2D eigenvalue weighted by atomic mass is 32.1. The zero-order valence-corrected chi connectivity index (χ0v) is 15.4. The van der Waals surface area contributed by atoms with Crippen molar-refractivity contribution in [3.8, 4) is 0 Å². The molecule has 1 aliphatic heterocycles. The van der Waals surface area contributed by atoms with Crippen LogP contribution in [-0.4, -0.2) is 36.3 Å². The van der Waals surface area contributed by atoms with Crippen molar-refractivity contribution in [1.29, 1.82) is 0 Å². The van der Waals surface area contributed by atoms with Crippen LogP contribution in [0.3, 0.4) is 0 Å². The van der Waals surface area contributed by atoms with Gasteiger partial charge >= 0.3 is 0 Å². The Morgan fingerprint density at radius 1 is 1.15 bits per heavy atom. The number of likely N-dealkylation sites (tertiary alicyclic amines) is 1. The lowest BCUT2D eigenvalue weighted by Gasteiger charge is -2.31. The first-order chi connectivity index (χ1) is 12.6. The molecule has 1 N–H and O–H groups in total. The minimum atomic E-state index is -0.252. The van der Waals surface area contributed by atoms with Gasteiger partial charge in [-0.25, -0.2) is 4.39 Å². The van der Waals surface area contributed by atoms with E-state index in [4.69, 9.17) is 0 Å².